The van der Waals surface area contributed by atoms with Crippen LogP contribution >= 0.6 is 0 Å². The van der Waals surface area contributed by atoms with E-state index in [9.17, 15) is 20.1 Å². The SMILES string of the molecule is COCOc1cc(OC)cc(C=CC[C@@H]2OC(C)(C)O[C@@H]2C(O)C=C[C@@H](OCOC)[C@H](C)O)c1C(=O)O. The van der Waals surface area contributed by atoms with Gasteiger partial charge in [0.1, 0.15) is 42.2 Å². The zero-order valence-corrected chi connectivity index (χ0v) is 22.1. The molecule has 5 atom stereocenters. The molecule has 11 heteroatoms. The van der Waals surface area contributed by atoms with E-state index in [4.69, 9.17) is 33.2 Å². The van der Waals surface area contributed by atoms with Crippen molar-refractivity contribution < 1.29 is 53.3 Å². The topological polar surface area (TPSA) is 142 Å². The number of ether oxygens (including phenoxy) is 7. The van der Waals surface area contributed by atoms with Crippen LogP contribution in [0.2, 0.25) is 0 Å². The highest BCUT2D eigenvalue weighted by Gasteiger charge is 2.43. The number of aliphatic hydroxyl groups excluding tert-OH is 2. The Morgan fingerprint density at radius 1 is 1.11 bits per heavy atom. The Labute approximate surface area is 217 Å². The van der Waals surface area contributed by atoms with Gasteiger partial charge in [0, 0.05) is 20.3 Å². The summed E-state index contributed by atoms with van der Waals surface area (Å²) in [6.45, 7) is 4.91. The van der Waals surface area contributed by atoms with E-state index in [0.717, 1.165) is 0 Å². The van der Waals surface area contributed by atoms with Crippen molar-refractivity contribution in [1.29, 1.82) is 0 Å². The second-order valence-corrected chi connectivity index (χ2v) is 8.88. The van der Waals surface area contributed by atoms with Crippen LogP contribution in [0.3, 0.4) is 0 Å². The molecule has 1 aromatic rings. The summed E-state index contributed by atoms with van der Waals surface area (Å²) < 4.78 is 37.8. The van der Waals surface area contributed by atoms with E-state index in [1.165, 1.54) is 33.5 Å². The van der Waals surface area contributed by atoms with Crippen LogP contribution in [0.25, 0.3) is 6.08 Å². The molecular formula is C26H38O11. The van der Waals surface area contributed by atoms with Crippen LogP contribution in [0.5, 0.6) is 11.5 Å². The minimum Gasteiger partial charge on any atom is -0.497 e. The van der Waals surface area contributed by atoms with Crippen LogP contribution in [0.1, 0.15) is 43.1 Å². The van der Waals surface area contributed by atoms with Gasteiger partial charge in [0.05, 0.1) is 19.3 Å². The maximum absolute atomic E-state index is 12.0. The van der Waals surface area contributed by atoms with Gasteiger partial charge in [-0.25, -0.2) is 4.79 Å². The second-order valence-electron chi connectivity index (χ2n) is 8.88. The molecule has 1 unspecified atom stereocenters. The smallest absolute Gasteiger partial charge is 0.340 e. The van der Waals surface area contributed by atoms with Crippen LogP contribution in [-0.4, -0.2) is 92.5 Å². The summed E-state index contributed by atoms with van der Waals surface area (Å²) in [4.78, 5) is 12.0. The van der Waals surface area contributed by atoms with Gasteiger partial charge in [0.25, 0.3) is 0 Å². The lowest BCUT2D eigenvalue weighted by Crippen LogP contribution is -2.34. The molecule has 1 fully saturated rings. The van der Waals surface area contributed by atoms with Crippen molar-refractivity contribution in [2.24, 2.45) is 0 Å². The van der Waals surface area contributed by atoms with E-state index in [2.05, 4.69) is 0 Å². The van der Waals surface area contributed by atoms with E-state index >= 15 is 0 Å². The molecule has 0 aliphatic carbocycles. The van der Waals surface area contributed by atoms with Gasteiger partial charge in [-0.2, -0.15) is 0 Å². The average Bonchev–Trinajstić information content (AvgIpc) is 3.15. The first-order chi connectivity index (χ1) is 17.5. The third-order valence-corrected chi connectivity index (χ3v) is 5.46. The Kier molecular flexibility index (Phi) is 12.0. The van der Waals surface area contributed by atoms with Gasteiger partial charge < -0.3 is 48.5 Å². The molecule has 3 N–H and O–H groups in total. The number of hydrogen-bond acceptors (Lipinski definition) is 10. The van der Waals surface area contributed by atoms with Crippen LogP contribution in [0.15, 0.2) is 30.4 Å². The molecule has 1 aliphatic heterocycles. The zero-order valence-electron chi connectivity index (χ0n) is 22.1. The summed E-state index contributed by atoms with van der Waals surface area (Å²) in [5.41, 5.74) is 0.320. The van der Waals surface area contributed by atoms with Crippen LogP contribution < -0.4 is 9.47 Å². The molecule has 11 nitrogen and oxygen atoms in total. The first kappa shape index (κ1) is 30.7. The molecule has 37 heavy (non-hydrogen) atoms. The standard InChI is InChI=1S/C26H38O11/c1-16(27)20(34-14-31-4)11-10-19(28)24-21(36-26(2,3)37-24)9-7-8-17-12-18(33-6)13-22(35-15-32-5)23(17)25(29)30/h7-8,10-13,16,19-21,24,27-28H,9,14-15H2,1-6H3,(H,29,30)/t16-,19?,20+,21-,24+/m0/s1. The molecule has 1 heterocycles. The van der Waals surface area contributed by atoms with Gasteiger partial charge in [-0.05, 0) is 38.8 Å². The van der Waals surface area contributed by atoms with Crippen molar-refractivity contribution >= 4 is 12.0 Å². The molecule has 1 aliphatic rings. The zero-order chi connectivity index (χ0) is 27.6. The Morgan fingerprint density at radius 3 is 2.41 bits per heavy atom. The monoisotopic (exact) mass is 526 g/mol. The Morgan fingerprint density at radius 2 is 1.81 bits per heavy atom. The lowest BCUT2D eigenvalue weighted by atomic mass is 10.0. The van der Waals surface area contributed by atoms with E-state index in [0.29, 0.717) is 17.7 Å². The summed E-state index contributed by atoms with van der Waals surface area (Å²) in [5, 5.41) is 30.5. The van der Waals surface area contributed by atoms with Gasteiger partial charge in [0.15, 0.2) is 12.6 Å². The minimum atomic E-state index is -1.17. The predicted octanol–water partition coefficient (Wildman–Crippen LogP) is 2.59. The van der Waals surface area contributed by atoms with E-state index < -0.39 is 42.3 Å². The van der Waals surface area contributed by atoms with Gasteiger partial charge in [-0.1, -0.05) is 24.3 Å². The van der Waals surface area contributed by atoms with Crippen LogP contribution in [-0.2, 0) is 23.7 Å². The first-order valence-electron chi connectivity index (χ1n) is 11.8. The first-order valence-corrected chi connectivity index (χ1v) is 11.8. The molecule has 2 rings (SSSR count). The lowest BCUT2D eigenvalue weighted by molar-refractivity contribution is -0.152. The number of benzene rings is 1. The molecule has 1 saturated heterocycles. The van der Waals surface area contributed by atoms with Crippen LogP contribution in [0.4, 0.5) is 0 Å². The molecule has 1 aromatic carbocycles. The summed E-state index contributed by atoms with van der Waals surface area (Å²) in [5.74, 6) is -1.59. The summed E-state index contributed by atoms with van der Waals surface area (Å²) in [7, 11) is 4.38. The minimum absolute atomic E-state index is 0.0136. The van der Waals surface area contributed by atoms with Crippen molar-refractivity contribution in [3.8, 4) is 11.5 Å². The van der Waals surface area contributed by atoms with Crippen molar-refractivity contribution in [2.75, 3.05) is 34.9 Å². The van der Waals surface area contributed by atoms with Gasteiger partial charge >= 0.3 is 5.97 Å². The second kappa shape index (κ2) is 14.4. The number of rotatable bonds is 15. The molecule has 208 valence electrons. The third-order valence-electron chi connectivity index (χ3n) is 5.46. The lowest BCUT2D eigenvalue weighted by Gasteiger charge is -2.21. The fourth-order valence-corrected chi connectivity index (χ4v) is 3.82. The van der Waals surface area contributed by atoms with E-state index in [-0.39, 0.29) is 24.9 Å². The Hall–Kier alpha value is -2.51. The number of aromatic carboxylic acids is 1. The van der Waals surface area contributed by atoms with Crippen molar-refractivity contribution in [1.82, 2.24) is 0 Å². The molecule has 0 spiro atoms. The summed E-state index contributed by atoms with van der Waals surface area (Å²) >= 11 is 0. The van der Waals surface area contributed by atoms with Crippen LogP contribution in [0, 0.1) is 0 Å². The fourth-order valence-electron chi connectivity index (χ4n) is 3.82. The van der Waals surface area contributed by atoms with Gasteiger partial charge in [0.2, 0.25) is 0 Å². The van der Waals surface area contributed by atoms with Crippen molar-refractivity contribution in [3.05, 3.63) is 41.5 Å². The predicted molar refractivity (Wildman–Crippen MR) is 134 cm³/mol. The summed E-state index contributed by atoms with van der Waals surface area (Å²) in [6, 6.07) is 3.06. The Balaban J connectivity index is 2.23. The maximum Gasteiger partial charge on any atom is 0.340 e. The van der Waals surface area contributed by atoms with E-state index in [1.54, 1.807) is 45.1 Å². The maximum atomic E-state index is 12.0. The highest BCUT2D eigenvalue weighted by Crippen LogP contribution is 2.34. The van der Waals surface area contributed by atoms with Crippen molar-refractivity contribution in [2.45, 2.75) is 63.5 Å². The number of carboxylic acids is 1. The molecule has 0 saturated carbocycles. The average molecular weight is 527 g/mol. The fraction of sp³-hybridized carbons (Fsp3) is 0.577. The largest absolute Gasteiger partial charge is 0.497 e. The number of aliphatic hydroxyl groups is 2. The number of carboxylic acid groups (broad SMARTS) is 1. The molecular weight excluding hydrogens is 488 g/mol. The highest BCUT2D eigenvalue weighted by atomic mass is 16.8. The molecule has 0 aromatic heterocycles. The van der Waals surface area contributed by atoms with Crippen molar-refractivity contribution in [3.63, 3.8) is 0 Å². The number of methoxy groups -OCH3 is 3. The third kappa shape index (κ3) is 9.08. The van der Waals surface area contributed by atoms with E-state index in [1.807, 2.05) is 0 Å². The number of hydrogen-bond donors (Lipinski definition) is 3. The van der Waals surface area contributed by atoms with Gasteiger partial charge in [-0.3, -0.25) is 0 Å². The molecule has 0 bridgehead atoms. The molecule has 0 amide bonds. The normalized spacial score (nSPS) is 21.8. The highest BCUT2D eigenvalue weighted by molar-refractivity contribution is 5.95. The summed E-state index contributed by atoms with van der Waals surface area (Å²) in [6.07, 6.45) is 2.88. The van der Waals surface area contributed by atoms with Gasteiger partial charge in [-0.15, -0.1) is 0 Å². The Bertz CT molecular complexity index is 925. The molecule has 0 radical (unpaired) electrons. The quantitative estimate of drug-likeness (QED) is 0.229. The number of carbonyl (C=O) groups is 1.